The molecule has 1 aliphatic heterocycles. The minimum Gasteiger partial charge on any atom is -0.388 e. The van der Waals surface area contributed by atoms with Crippen LogP contribution in [0.4, 0.5) is 14.5 Å². The first-order valence-corrected chi connectivity index (χ1v) is 7.37. The highest BCUT2D eigenvalue weighted by Gasteiger charge is 2.33. The molecule has 1 unspecified atom stereocenters. The van der Waals surface area contributed by atoms with Gasteiger partial charge in [0.05, 0.1) is 17.5 Å². The monoisotopic (exact) mass is 341 g/mol. The van der Waals surface area contributed by atoms with Crippen molar-refractivity contribution in [3.8, 4) is 5.69 Å². The van der Waals surface area contributed by atoms with E-state index in [0.29, 0.717) is 31.3 Å². The second-order valence-electron chi connectivity index (χ2n) is 5.82. The Labute approximate surface area is 135 Å². The van der Waals surface area contributed by atoms with Crippen molar-refractivity contribution in [2.75, 3.05) is 18.0 Å². The molecule has 2 aromatic rings. The fourth-order valence-electron chi connectivity index (χ4n) is 2.62. The lowest BCUT2D eigenvalue weighted by molar-refractivity contribution is 0.0839. The number of nitrogens with zero attached hydrogens (tertiary/aromatic N) is 3. The van der Waals surface area contributed by atoms with Crippen LogP contribution in [0.15, 0.2) is 29.2 Å². The van der Waals surface area contributed by atoms with Gasteiger partial charge in [0.1, 0.15) is 16.5 Å². The lowest BCUT2D eigenvalue weighted by atomic mass is 10.1. The minimum atomic E-state index is -0.910. The number of aliphatic hydroxyl groups is 1. The van der Waals surface area contributed by atoms with Crippen LogP contribution in [0.3, 0.4) is 0 Å². The van der Waals surface area contributed by atoms with E-state index < -0.39 is 22.8 Å². The molecule has 1 aliphatic rings. The van der Waals surface area contributed by atoms with Crippen LogP contribution in [-0.4, -0.2) is 33.6 Å². The van der Waals surface area contributed by atoms with Crippen molar-refractivity contribution in [2.45, 2.75) is 18.9 Å². The Kier molecular flexibility index (Phi) is 3.85. The highest BCUT2D eigenvalue weighted by molar-refractivity contribution is 6.33. The third kappa shape index (κ3) is 2.94. The Balaban J connectivity index is 2.03. The molecular weight excluding hydrogens is 328 g/mol. The van der Waals surface area contributed by atoms with Crippen LogP contribution in [0.25, 0.3) is 5.69 Å². The molecule has 0 saturated carbocycles. The summed E-state index contributed by atoms with van der Waals surface area (Å²) in [6, 6.07) is 2.82. The molecule has 1 N–H and O–H groups in total. The second-order valence-corrected chi connectivity index (χ2v) is 6.20. The van der Waals surface area contributed by atoms with E-state index in [2.05, 4.69) is 5.10 Å². The topological polar surface area (TPSA) is 58.4 Å². The molecule has 2 heterocycles. The van der Waals surface area contributed by atoms with Crippen LogP contribution in [0.1, 0.15) is 13.3 Å². The van der Waals surface area contributed by atoms with Gasteiger partial charge in [-0.1, -0.05) is 11.6 Å². The standard InChI is InChI=1S/C15H14ClF2N3O2/c1-15(23)4-5-20(8-15)12-7-19-21(14(22)13(12)16)11-3-2-9(17)6-10(11)18/h2-3,6-7,23H,4-5,8H2,1H3. The Hall–Kier alpha value is -1.99. The van der Waals surface area contributed by atoms with E-state index in [4.69, 9.17) is 11.6 Å². The highest BCUT2D eigenvalue weighted by Crippen LogP contribution is 2.29. The van der Waals surface area contributed by atoms with Gasteiger partial charge in [-0.15, -0.1) is 0 Å². The summed E-state index contributed by atoms with van der Waals surface area (Å²) < 4.78 is 27.6. The predicted molar refractivity (Wildman–Crippen MR) is 82.2 cm³/mol. The van der Waals surface area contributed by atoms with Crippen LogP contribution < -0.4 is 10.5 Å². The van der Waals surface area contributed by atoms with Crippen molar-refractivity contribution in [2.24, 2.45) is 0 Å². The van der Waals surface area contributed by atoms with Gasteiger partial charge in [0.25, 0.3) is 5.56 Å². The van der Waals surface area contributed by atoms with Crippen LogP contribution in [0, 0.1) is 11.6 Å². The van der Waals surface area contributed by atoms with Gasteiger partial charge in [-0.25, -0.2) is 8.78 Å². The van der Waals surface area contributed by atoms with Crippen LogP contribution in [0.5, 0.6) is 0 Å². The lowest BCUT2D eigenvalue weighted by Crippen LogP contribution is -2.32. The van der Waals surface area contributed by atoms with Crippen LogP contribution in [-0.2, 0) is 0 Å². The van der Waals surface area contributed by atoms with E-state index in [1.165, 1.54) is 6.20 Å². The van der Waals surface area contributed by atoms with Crippen molar-refractivity contribution < 1.29 is 13.9 Å². The van der Waals surface area contributed by atoms with Crippen molar-refractivity contribution in [3.05, 3.63) is 51.4 Å². The number of hydrogen-bond acceptors (Lipinski definition) is 4. The zero-order chi connectivity index (χ0) is 16.8. The first-order valence-electron chi connectivity index (χ1n) is 6.99. The maximum Gasteiger partial charge on any atom is 0.292 e. The van der Waals surface area contributed by atoms with E-state index >= 15 is 0 Å². The molecule has 1 aromatic carbocycles. The summed E-state index contributed by atoms with van der Waals surface area (Å²) in [5.74, 6) is -1.66. The Morgan fingerprint density at radius 1 is 1.35 bits per heavy atom. The van der Waals surface area contributed by atoms with Crippen molar-refractivity contribution >= 4 is 17.3 Å². The smallest absolute Gasteiger partial charge is 0.292 e. The molecule has 0 radical (unpaired) electrons. The third-order valence-electron chi connectivity index (χ3n) is 3.83. The van der Waals surface area contributed by atoms with Gasteiger partial charge < -0.3 is 10.0 Å². The number of hydrogen-bond donors (Lipinski definition) is 1. The summed E-state index contributed by atoms with van der Waals surface area (Å²) >= 11 is 6.11. The maximum absolute atomic E-state index is 13.8. The maximum atomic E-state index is 13.8. The van der Waals surface area contributed by atoms with Crippen molar-refractivity contribution in [1.82, 2.24) is 9.78 Å². The van der Waals surface area contributed by atoms with Gasteiger partial charge in [-0.05, 0) is 25.5 Å². The highest BCUT2D eigenvalue weighted by atomic mass is 35.5. The summed E-state index contributed by atoms with van der Waals surface area (Å²) in [6.45, 7) is 2.55. The van der Waals surface area contributed by atoms with Gasteiger partial charge in [-0.2, -0.15) is 9.78 Å². The Morgan fingerprint density at radius 2 is 2.09 bits per heavy atom. The number of rotatable bonds is 2. The quantitative estimate of drug-likeness (QED) is 0.909. The molecule has 0 spiro atoms. The number of aromatic nitrogens is 2. The van der Waals surface area contributed by atoms with Gasteiger partial charge in [0.15, 0.2) is 5.82 Å². The molecule has 0 bridgehead atoms. The van der Waals surface area contributed by atoms with Gasteiger partial charge in [-0.3, -0.25) is 4.79 Å². The van der Waals surface area contributed by atoms with E-state index in [0.717, 1.165) is 16.8 Å². The summed E-state index contributed by atoms with van der Waals surface area (Å²) in [5.41, 5.74) is -1.37. The van der Waals surface area contributed by atoms with Crippen molar-refractivity contribution in [3.63, 3.8) is 0 Å². The summed E-state index contributed by atoms with van der Waals surface area (Å²) in [6.07, 6.45) is 1.88. The molecule has 23 heavy (non-hydrogen) atoms. The molecule has 1 atom stereocenters. The first-order chi connectivity index (χ1) is 10.8. The van der Waals surface area contributed by atoms with Crippen molar-refractivity contribution in [1.29, 1.82) is 0 Å². The zero-order valence-electron chi connectivity index (χ0n) is 12.3. The lowest BCUT2D eigenvalue weighted by Gasteiger charge is -2.21. The summed E-state index contributed by atoms with van der Waals surface area (Å²) in [4.78, 5) is 14.1. The normalized spacial score (nSPS) is 21.0. The fraction of sp³-hybridized carbons (Fsp3) is 0.333. The molecule has 1 saturated heterocycles. The van der Waals surface area contributed by atoms with Gasteiger partial charge >= 0.3 is 0 Å². The number of anilines is 1. The van der Waals surface area contributed by atoms with Gasteiger partial charge in [0.2, 0.25) is 0 Å². The van der Waals surface area contributed by atoms with Crippen LogP contribution in [0.2, 0.25) is 5.02 Å². The average Bonchev–Trinajstić information content (AvgIpc) is 2.83. The molecule has 8 heteroatoms. The largest absolute Gasteiger partial charge is 0.388 e. The van der Waals surface area contributed by atoms with E-state index in [9.17, 15) is 18.7 Å². The number of β-amino-alcohol motifs (C(OH)–C–C–N with tert-alkyl or cyclic N) is 1. The van der Waals surface area contributed by atoms with E-state index in [-0.39, 0.29) is 10.7 Å². The molecule has 0 amide bonds. The molecule has 1 fully saturated rings. The predicted octanol–water partition coefficient (Wildman–Crippen LogP) is 2.13. The molecule has 3 rings (SSSR count). The zero-order valence-corrected chi connectivity index (χ0v) is 13.0. The average molecular weight is 342 g/mol. The third-order valence-corrected chi connectivity index (χ3v) is 4.19. The summed E-state index contributed by atoms with van der Waals surface area (Å²) in [7, 11) is 0. The molecule has 0 aliphatic carbocycles. The molecule has 5 nitrogen and oxygen atoms in total. The Morgan fingerprint density at radius 3 is 2.70 bits per heavy atom. The number of halogens is 3. The SMILES string of the molecule is CC1(O)CCN(c2cnn(-c3ccc(F)cc3F)c(=O)c2Cl)C1. The van der Waals surface area contributed by atoms with E-state index in [1.807, 2.05) is 0 Å². The summed E-state index contributed by atoms with van der Waals surface area (Å²) in [5, 5.41) is 13.8. The number of benzene rings is 1. The molecule has 1 aromatic heterocycles. The van der Waals surface area contributed by atoms with E-state index in [1.54, 1.807) is 11.8 Å². The fourth-order valence-corrected chi connectivity index (χ4v) is 2.87. The molecular formula is C15H14ClF2N3O2. The molecule has 122 valence electrons. The minimum absolute atomic E-state index is 0.124. The van der Waals surface area contributed by atoms with Crippen LogP contribution >= 0.6 is 11.6 Å². The Bertz CT molecular complexity index is 823. The first kappa shape index (κ1) is 15.9. The van der Waals surface area contributed by atoms with Gasteiger partial charge in [0, 0.05) is 19.2 Å². The second kappa shape index (κ2) is 5.58.